The highest BCUT2D eigenvalue weighted by Crippen LogP contribution is 2.11. The van der Waals surface area contributed by atoms with E-state index in [9.17, 15) is 9.59 Å². The molecule has 0 bridgehead atoms. The summed E-state index contributed by atoms with van der Waals surface area (Å²) in [5.41, 5.74) is 5.11. The standard InChI is InChI=1S/C13H27N3O2.ClH/c1-9(2)6-10(7-14)16-11(17)8-15-12(18)13(3,4)5;/h9-10H,6-8,14H2,1-5H3,(H,15,18)(H,16,17);1H. The van der Waals surface area contributed by atoms with Crippen LogP contribution in [0.15, 0.2) is 0 Å². The Balaban J connectivity index is 0. The normalized spacial score (nSPS) is 12.6. The summed E-state index contributed by atoms with van der Waals surface area (Å²) in [4.78, 5) is 23.2. The molecule has 1 atom stereocenters. The zero-order chi connectivity index (χ0) is 14.3. The Morgan fingerprint density at radius 3 is 2.11 bits per heavy atom. The average Bonchev–Trinajstić information content (AvgIpc) is 2.22. The minimum absolute atomic E-state index is 0. The zero-order valence-corrected chi connectivity index (χ0v) is 13.4. The molecule has 0 aromatic heterocycles. The van der Waals surface area contributed by atoms with Crippen LogP contribution in [0.4, 0.5) is 0 Å². The summed E-state index contributed by atoms with van der Waals surface area (Å²) in [6.45, 7) is 10.00. The fourth-order valence-electron chi connectivity index (χ4n) is 1.49. The van der Waals surface area contributed by atoms with Crippen molar-refractivity contribution in [2.45, 2.75) is 47.1 Å². The van der Waals surface area contributed by atoms with Crippen LogP contribution in [0.1, 0.15) is 41.0 Å². The molecule has 4 N–H and O–H groups in total. The number of carbonyl (C=O) groups excluding carboxylic acids is 2. The van der Waals surface area contributed by atoms with Crippen molar-refractivity contribution in [1.82, 2.24) is 10.6 Å². The number of rotatable bonds is 6. The number of carbonyl (C=O) groups is 2. The van der Waals surface area contributed by atoms with Crippen LogP contribution in [-0.2, 0) is 9.59 Å². The van der Waals surface area contributed by atoms with Crippen molar-refractivity contribution >= 4 is 24.2 Å². The van der Waals surface area contributed by atoms with Gasteiger partial charge in [0.2, 0.25) is 11.8 Å². The molecule has 0 heterocycles. The highest BCUT2D eigenvalue weighted by molar-refractivity contribution is 5.87. The van der Waals surface area contributed by atoms with Crippen LogP contribution < -0.4 is 16.4 Å². The molecule has 19 heavy (non-hydrogen) atoms. The fourth-order valence-corrected chi connectivity index (χ4v) is 1.49. The number of halogens is 1. The molecule has 0 fully saturated rings. The van der Waals surface area contributed by atoms with Gasteiger partial charge in [-0.1, -0.05) is 34.6 Å². The van der Waals surface area contributed by atoms with Crippen molar-refractivity contribution in [2.75, 3.05) is 13.1 Å². The van der Waals surface area contributed by atoms with Crippen molar-refractivity contribution in [3.05, 3.63) is 0 Å². The van der Waals surface area contributed by atoms with Gasteiger partial charge in [-0.3, -0.25) is 9.59 Å². The smallest absolute Gasteiger partial charge is 0.239 e. The van der Waals surface area contributed by atoms with Crippen LogP contribution in [0, 0.1) is 11.3 Å². The number of hydrogen-bond donors (Lipinski definition) is 3. The van der Waals surface area contributed by atoms with Gasteiger partial charge < -0.3 is 16.4 Å². The molecule has 0 aromatic rings. The molecule has 0 radical (unpaired) electrons. The van der Waals surface area contributed by atoms with E-state index < -0.39 is 5.41 Å². The van der Waals surface area contributed by atoms with E-state index in [1.807, 2.05) is 20.8 Å². The molecule has 0 aromatic carbocycles. The molecule has 0 aliphatic rings. The topological polar surface area (TPSA) is 84.2 Å². The third-order valence-corrected chi connectivity index (χ3v) is 2.50. The number of amides is 2. The predicted octanol–water partition coefficient (Wildman–Crippen LogP) is 1.06. The van der Waals surface area contributed by atoms with Crippen molar-refractivity contribution in [3.8, 4) is 0 Å². The SMILES string of the molecule is CC(C)CC(CN)NC(=O)CNC(=O)C(C)(C)C.Cl. The first-order valence-electron chi connectivity index (χ1n) is 6.44. The lowest BCUT2D eigenvalue weighted by molar-refractivity contribution is -0.131. The van der Waals surface area contributed by atoms with Crippen LogP contribution in [-0.4, -0.2) is 30.9 Å². The maximum Gasteiger partial charge on any atom is 0.239 e. The molecule has 1 unspecified atom stereocenters. The second-order valence-corrected chi connectivity index (χ2v) is 6.06. The van der Waals surface area contributed by atoms with Crippen LogP contribution in [0.5, 0.6) is 0 Å². The van der Waals surface area contributed by atoms with Gasteiger partial charge in [0.25, 0.3) is 0 Å². The van der Waals surface area contributed by atoms with E-state index in [1.165, 1.54) is 0 Å². The molecule has 0 rings (SSSR count). The Bertz CT molecular complexity index is 288. The quantitative estimate of drug-likeness (QED) is 0.685. The monoisotopic (exact) mass is 293 g/mol. The van der Waals surface area contributed by atoms with Gasteiger partial charge >= 0.3 is 0 Å². The number of nitrogens with two attached hydrogens (primary N) is 1. The van der Waals surface area contributed by atoms with E-state index in [-0.39, 0.29) is 36.8 Å². The van der Waals surface area contributed by atoms with Crippen LogP contribution in [0.25, 0.3) is 0 Å². The van der Waals surface area contributed by atoms with Crippen LogP contribution in [0.2, 0.25) is 0 Å². The minimum Gasteiger partial charge on any atom is -0.351 e. The molecule has 6 heteroatoms. The number of hydrogen-bond acceptors (Lipinski definition) is 3. The first-order chi connectivity index (χ1) is 8.16. The molecule has 0 aliphatic heterocycles. The first-order valence-corrected chi connectivity index (χ1v) is 6.44. The van der Waals surface area contributed by atoms with Gasteiger partial charge in [0, 0.05) is 18.0 Å². The Kier molecular flexibility index (Phi) is 9.88. The zero-order valence-electron chi connectivity index (χ0n) is 12.6. The highest BCUT2D eigenvalue weighted by atomic mass is 35.5. The second-order valence-electron chi connectivity index (χ2n) is 6.06. The van der Waals surface area contributed by atoms with Gasteiger partial charge in [-0.15, -0.1) is 12.4 Å². The van der Waals surface area contributed by atoms with Crippen molar-refractivity contribution in [3.63, 3.8) is 0 Å². The molecule has 0 aliphatic carbocycles. The molecule has 114 valence electrons. The van der Waals surface area contributed by atoms with Gasteiger partial charge in [-0.05, 0) is 12.3 Å². The van der Waals surface area contributed by atoms with Gasteiger partial charge in [-0.2, -0.15) is 0 Å². The minimum atomic E-state index is -0.481. The van der Waals surface area contributed by atoms with Crippen LogP contribution >= 0.6 is 12.4 Å². The molecule has 0 saturated carbocycles. The van der Waals surface area contributed by atoms with E-state index in [1.54, 1.807) is 0 Å². The van der Waals surface area contributed by atoms with Gasteiger partial charge in [0.05, 0.1) is 6.54 Å². The van der Waals surface area contributed by atoms with Crippen molar-refractivity contribution in [2.24, 2.45) is 17.1 Å². The largest absolute Gasteiger partial charge is 0.351 e. The lowest BCUT2D eigenvalue weighted by Gasteiger charge is -2.20. The van der Waals surface area contributed by atoms with Crippen molar-refractivity contribution in [1.29, 1.82) is 0 Å². The highest BCUT2D eigenvalue weighted by Gasteiger charge is 2.21. The summed E-state index contributed by atoms with van der Waals surface area (Å²) in [5, 5.41) is 5.44. The Morgan fingerprint density at radius 2 is 1.74 bits per heavy atom. The van der Waals surface area contributed by atoms with Gasteiger partial charge in [0.1, 0.15) is 0 Å². The molecule has 5 nitrogen and oxygen atoms in total. The molecular formula is C13H28ClN3O2. The van der Waals surface area contributed by atoms with E-state index in [2.05, 4.69) is 24.5 Å². The first kappa shape index (κ1) is 20.5. The average molecular weight is 294 g/mol. The number of nitrogens with one attached hydrogen (secondary N) is 2. The Hall–Kier alpha value is -0.810. The second kappa shape index (κ2) is 9.15. The van der Waals surface area contributed by atoms with Gasteiger partial charge in [-0.25, -0.2) is 0 Å². The maximum absolute atomic E-state index is 11.6. The van der Waals surface area contributed by atoms with E-state index in [0.29, 0.717) is 12.5 Å². The third kappa shape index (κ3) is 9.73. The summed E-state index contributed by atoms with van der Waals surface area (Å²) < 4.78 is 0. The van der Waals surface area contributed by atoms with Gasteiger partial charge in [0.15, 0.2) is 0 Å². The summed E-state index contributed by atoms with van der Waals surface area (Å²) in [6.07, 6.45) is 0.843. The maximum atomic E-state index is 11.6. The van der Waals surface area contributed by atoms with E-state index in [0.717, 1.165) is 6.42 Å². The molecular weight excluding hydrogens is 266 g/mol. The predicted molar refractivity (Wildman–Crippen MR) is 80.2 cm³/mol. The summed E-state index contributed by atoms with van der Waals surface area (Å²) in [5.74, 6) is 0.150. The summed E-state index contributed by atoms with van der Waals surface area (Å²) >= 11 is 0. The van der Waals surface area contributed by atoms with Crippen LogP contribution in [0.3, 0.4) is 0 Å². The summed E-state index contributed by atoms with van der Waals surface area (Å²) in [7, 11) is 0. The lowest BCUT2D eigenvalue weighted by Crippen LogP contribution is -2.47. The Labute approximate surface area is 122 Å². The van der Waals surface area contributed by atoms with E-state index in [4.69, 9.17) is 5.73 Å². The molecule has 2 amide bonds. The third-order valence-electron chi connectivity index (χ3n) is 2.50. The summed E-state index contributed by atoms with van der Waals surface area (Å²) in [6, 6.07) is -0.0240. The lowest BCUT2D eigenvalue weighted by atomic mass is 9.96. The van der Waals surface area contributed by atoms with E-state index >= 15 is 0 Å². The molecule has 0 spiro atoms. The molecule has 0 saturated heterocycles. The van der Waals surface area contributed by atoms with Crippen molar-refractivity contribution < 1.29 is 9.59 Å². The Morgan fingerprint density at radius 1 is 1.21 bits per heavy atom. The fraction of sp³-hybridized carbons (Fsp3) is 0.846.